The number of nitrogens with zero attached hydrogens (tertiary/aromatic N) is 2. The number of aryl methyl sites for hydroxylation is 2. The predicted octanol–water partition coefficient (Wildman–Crippen LogP) is 2.95. The molecular weight excluding hydrogens is 257 g/mol. The fourth-order valence-electron chi connectivity index (χ4n) is 0.969. The van der Waals surface area contributed by atoms with Crippen molar-refractivity contribution in [2.75, 3.05) is 0 Å². The van der Waals surface area contributed by atoms with E-state index in [9.17, 15) is 0 Å². The van der Waals surface area contributed by atoms with Crippen molar-refractivity contribution in [1.82, 2.24) is 9.55 Å². The van der Waals surface area contributed by atoms with Crippen LogP contribution in [0, 0.1) is 6.92 Å². The molecule has 0 radical (unpaired) electrons. The number of unbranched alkanes of at least 4 members (excludes halogenated alkanes) is 1. The Morgan fingerprint density at radius 3 is 2.21 bits per heavy atom. The van der Waals surface area contributed by atoms with Crippen LogP contribution < -0.4 is 0 Å². The third kappa shape index (κ3) is 8.00. The smallest absolute Gasteiger partial charge is 0.105 e. The van der Waals surface area contributed by atoms with Gasteiger partial charge in [0.2, 0.25) is 0 Å². The van der Waals surface area contributed by atoms with E-state index in [2.05, 4.69) is 16.5 Å². The molecule has 0 aliphatic heterocycles. The molecule has 88 valence electrons. The standard InChI is InChI=1S/C8H14N2.2ClH.2H3P/c1-3-4-6-10-7-5-9-8(10)2;;;;/h5,7H,3-4,6H2,1-2H3;2*1H;2*1H3. The van der Waals surface area contributed by atoms with E-state index in [1.165, 1.54) is 12.8 Å². The number of aromatic nitrogens is 2. The Labute approximate surface area is 106 Å². The second-order valence-electron chi connectivity index (χ2n) is 2.52. The van der Waals surface area contributed by atoms with Crippen LogP contribution >= 0.6 is 44.6 Å². The Morgan fingerprint density at radius 2 is 1.86 bits per heavy atom. The lowest BCUT2D eigenvalue weighted by Crippen LogP contribution is -1.97. The highest BCUT2D eigenvalue weighted by molar-refractivity contribution is 6.92. The number of halogens is 2. The summed E-state index contributed by atoms with van der Waals surface area (Å²) in [6.45, 7) is 5.35. The zero-order chi connectivity index (χ0) is 7.40. The highest BCUT2D eigenvalue weighted by atomic mass is 35.5. The third-order valence-electron chi connectivity index (χ3n) is 1.68. The summed E-state index contributed by atoms with van der Waals surface area (Å²) in [5.74, 6) is 1.12. The molecule has 2 nitrogen and oxygen atoms in total. The number of hydrogen-bond donors (Lipinski definition) is 0. The summed E-state index contributed by atoms with van der Waals surface area (Å²) in [5.41, 5.74) is 0. The molecular formula is C8H22Cl2N2P2. The average molecular weight is 279 g/mol. The summed E-state index contributed by atoms with van der Waals surface area (Å²) < 4.78 is 2.18. The normalized spacial score (nSPS) is 7.29. The highest BCUT2D eigenvalue weighted by Gasteiger charge is 1.93. The molecule has 0 bridgehead atoms. The number of rotatable bonds is 3. The van der Waals surface area contributed by atoms with Crippen LogP contribution in [0.2, 0.25) is 0 Å². The molecule has 0 spiro atoms. The van der Waals surface area contributed by atoms with Crippen molar-refractivity contribution < 1.29 is 0 Å². The molecule has 2 unspecified atom stereocenters. The Hall–Kier alpha value is 0.650. The highest BCUT2D eigenvalue weighted by Crippen LogP contribution is 1.98. The largest absolute Gasteiger partial charge is 0.335 e. The predicted molar refractivity (Wildman–Crippen MR) is 78.6 cm³/mol. The van der Waals surface area contributed by atoms with Gasteiger partial charge in [-0.25, -0.2) is 4.98 Å². The molecule has 0 N–H and O–H groups in total. The van der Waals surface area contributed by atoms with Gasteiger partial charge in [0.25, 0.3) is 0 Å². The second-order valence-corrected chi connectivity index (χ2v) is 2.52. The topological polar surface area (TPSA) is 17.8 Å². The molecule has 6 heteroatoms. The van der Waals surface area contributed by atoms with Gasteiger partial charge < -0.3 is 4.57 Å². The van der Waals surface area contributed by atoms with Crippen LogP contribution in [-0.2, 0) is 6.54 Å². The van der Waals surface area contributed by atoms with Gasteiger partial charge in [0.15, 0.2) is 0 Å². The van der Waals surface area contributed by atoms with Crippen LogP contribution in [0.25, 0.3) is 0 Å². The molecule has 1 rings (SSSR count). The monoisotopic (exact) mass is 278 g/mol. The van der Waals surface area contributed by atoms with Crippen LogP contribution in [0.1, 0.15) is 25.6 Å². The first-order valence-corrected chi connectivity index (χ1v) is 3.82. The fourth-order valence-corrected chi connectivity index (χ4v) is 0.969. The summed E-state index contributed by atoms with van der Waals surface area (Å²) in [6, 6.07) is 0. The van der Waals surface area contributed by atoms with Crippen molar-refractivity contribution in [3.05, 3.63) is 18.2 Å². The van der Waals surface area contributed by atoms with Gasteiger partial charge in [-0.15, -0.1) is 24.8 Å². The molecule has 0 amide bonds. The van der Waals surface area contributed by atoms with E-state index in [0.717, 1.165) is 12.4 Å². The lowest BCUT2D eigenvalue weighted by atomic mass is 10.3. The van der Waals surface area contributed by atoms with Crippen LogP contribution in [0.3, 0.4) is 0 Å². The van der Waals surface area contributed by atoms with Crippen molar-refractivity contribution in [3.8, 4) is 0 Å². The Balaban J connectivity index is -0.000000125. The molecule has 1 heterocycles. The minimum Gasteiger partial charge on any atom is -0.335 e. The van der Waals surface area contributed by atoms with Gasteiger partial charge in [0, 0.05) is 18.9 Å². The van der Waals surface area contributed by atoms with Crippen molar-refractivity contribution in [2.24, 2.45) is 0 Å². The van der Waals surface area contributed by atoms with Crippen LogP contribution in [0.15, 0.2) is 12.4 Å². The first kappa shape index (κ1) is 24.1. The Kier molecular flexibility index (Phi) is 23.5. The first-order chi connectivity index (χ1) is 4.84. The lowest BCUT2D eigenvalue weighted by Gasteiger charge is -2.01. The zero-order valence-corrected chi connectivity index (χ0v) is 13.4. The SMILES string of the molecule is CCCCn1ccnc1C.Cl.Cl.P.P. The average Bonchev–Trinajstić information content (AvgIpc) is 2.31. The molecule has 1 aromatic rings. The Bertz CT molecular complexity index is 207. The maximum atomic E-state index is 4.13. The van der Waals surface area contributed by atoms with E-state index >= 15 is 0 Å². The molecule has 0 saturated carbocycles. The molecule has 2 atom stereocenters. The van der Waals surface area contributed by atoms with E-state index in [1.807, 2.05) is 19.3 Å². The minimum absolute atomic E-state index is 0. The van der Waals surface area contributed by atoms with Gasteiger partial charge in [-0.05, 0) is 13.3 Å². The van der Waals surface area contributed by atoms with E-state index < -0.39 is 0 Å². The second kappa shape index (κ2) is 13.7. The first-order valence-electron chi connectivity index (χ1n) is 3.82. The molecule has 0 aliphatic rings. The maximum absolute atomic E-state index is 4.13. The summed E-state index contributed by atoms with van der Waals surface area (Å²) in [4.78, 5) is 4.13. The summed E-state index contributed by atoms with van der Waals surface area (Å²) in [7, 11) is 0. The molecule has 1 aromatic heterocycles. The molecule has 0 aliphatic carbocycles. The molecule has 0 fully saturated rings. The Morgan fingerprint density at radius 1 is 1.29 bits per heavy atom. The lowest BCUT2D eigenvalue weighted by molar-refractivity contribution is 0.616. The summed E-state index contributed by atoms with van der Waals surface area (Å²) in [6.07, 6.45) is 6.38. The summed E-state index contributed by atoms with van der Waals surface area (Å²) in [5, 5.41) is 0. The third-order valence-corrected chi connectivity index (χ3v) is 1.68. The van der Waals surface area contributed by atoms with Gasteiger partial charge in [-0.3, -0.25) is 0 Å². The van der Waals surface area contributed by atoms with Crippen molar-refractivity contribution >= 4 is 44.6 Å². The van der Waals surface area contributed by atoms with Gasteiger partial charge in [-0.2, -0.15) is 19.8 Å². The number of imidazole rings is 1. The molecule has 14 heavy (non-hydrogen) atoms. The van der Waals surface area contributed by atoms with Gasteiger partial charge in [-0.1, -0.05) is 13.3 Å². The van der Waals surface area contributed by atoms with Gasteiger partial charge in [0.05, 0.1) is 0 Å². The molecule has 0 aromatic carbocycles. The van der Waals surface area contributed by atoms with Crippen molar-refractivity contribution in [3.63, 3.8) is 0 Å². The van der Waals surface area contributed by atoms with Crippen molar-refractivity contribution in [2.45, 2.75) is 33.2 Å². The zero-order valence-electron chi connectivity index (χ0n) is 8.90. The molecule has 0 saturated heterocycles. The summed E-state index contributed by atoms with van der Waals surface area (Å²) >= 11 is 0. The van der Waals surface area contributed by atoms with E-state index in [1.54, 1.807) is 0 Å². The van der Waals surface area contributed by atoms with E-state index in [-0.39, 0.29) is 44.6 Å². The van der Waals surface area contributed by atoms with Crippen LogP contribution in [-0.4, -0.2) is 9.55 Å². The minimum atomic E-state index is 0. The van der Waals surface area contributed by atoms with E-state index in [0.29, 0.717) is 0 Å². The number of hydrogen-bond acceptors (Lipinski definition) is 1. The maximum Gasteiger partial charge on any atom is 0.105 e. The van der Waals surface area contributed by atoms with Crippen LogP contribution in [0.5, 0.6) is 0 Å². The van der Waals surface area contributed by atoms with Gasteiger partial charge in [0.1, 0.15) is 5.82 Å². The van der Waals surface area contributed by atoms with Crippen LogP contribution in [0.4, 0.5) is 0 Å². The van der Waals surface area contributed by atoms with Gasteiger partial charge >= 0.3 is 0 Å². The fraction of sp³-hybridized carbons (Fsp3) is 0.625. The quantitative estimate of drug-likeness (QED) is 0.778. The van der Waals surface area contributed by atoms with Crippen molar-refractivity contribution in [1.29, 1.82) is 0 Å². The van der Waals surface area contributed by atoms with E-state index in [4.69, 9.17) is 0 Å².